The number of fused-ring (bicyclic) bond motifs is 3. The van der Waals surface area contributed by atoms with E-state index < -0.39 is 0 Å². The fraction of sp³-hybridized carbons (Fsp3) is 0.500. The molecule has 1 aromatic rings. The van der Waals surface area contributed by atoms with Crippen molar-refractivity contribution in [1.29, 1.82) is 0 Å². The second kappa shape index (κ2) is 3.42. The Morgan fingerprint density at radius 1 is 1.40 bits per heavy atom. The third-order valence-corrected chi connectivity index (χ3v) is 3.49. The first-order valence-electron chi connectivity index (χ1n) is 5.54. The summed E-state index contributed by atoms with van der Waals surface area (Å²) in [6.45, 7) is 2.18. The maximum atomic E-state index is 5.38. The smallest absolute Gasteiger partial charge is 0.142 e. The van der Waals surface area contributed by atoms with Gasteiger partial charge in [-0.05, 0) is 24.6 Å². The second-order valence-corrected chi connectivity index (χ2v) is 4.27. The molecule has 2 heterocycles. The quantitative estimate of drug-likeness (QED) is 0.728. The number of hydrogen-bond donors (Lipinski definition) is 2. The van der Waals surface area contributed by atoms with E-state index in [4.69, 9.17) is 4.74 Å². The fourth-order valence-corrected chi connectivity index (χ4v) is 2.75. The highest BCUT2D eigenvalue weighted by Gasteiger charge is 2.35. The highest BCUT2D eigenvalue weighted by Crippen LogP contribution is 2.43. The number of piperidine rings is 1. The van der Waals surface area contributed by atoms with Crippen molar-refractivity contribution in [2.24, 2.45) is 0 Å². The van der Waals surface area contributed by atoms with Crippen LogP contribution >= 0.6 is 0 Å². The molecule has 80 valence electrons. The van der Waals surface area contributed by atoms with Gasteiger partial charge in [-0.15, -0.1) is 0 Å². The number of nitrogens with one attached hydrogen (secondary N) is 2. The van der Waals surface area contributed by atoms with E-state index in [1.54, 1.807) is 7.11 Å². The predicted octanol–water partition coefficient (Wildman–Crippen LogP) is 1.57. The van der Waals surface area contributed by atoms with Crippen molar-refractivity contribution in [3.8, 4) is 5.75 Å². The standard InChI is InChI=1S/C12H16N2O/c1-15-11-4-2-3-9-8-5-6-13-7-10(8)14-12(9)11/h2-4,8,10,13-14H,5-7H2,1H3. The second-order valence-electron chi connectivity index (χ2n) is 4.27. The minimum Gasteiger partial charge on any atom is -0.495 e. The Hall–Kier alpha value is -1.22. The zero-order valence-electron chi connectivity index (χ0n) is 8.92. The van der Waals surface area contributed by atoms with Crippen LogP contribution in [0.5, 0.6) is 5.75 Å². The zero-order valence-corrected chi connectivity index (χ0v) is 8.92. The maximum Gasteiger partial charge on any atom is 0.142 e. The minimum atomic E-state index is 0.546. The lowest BCUT2D eigenvalue weighted by Crippen LogP contribution is -2.40. The Morgan fingerprint density at radius 3 is 3.20 bits per heavy atom. The third-order valence-electron chi connectivity index (χ3n) is 3.49. The SMILES string of the molecule is COc1cccc2c1NC1CNCCC21. The van der Waals surface area contributed by atoms with E-state index in [1.807, 2.05) is 6.07 Å². The molecule has 3 nitrogen and oxygen atoms in total. The minimum absolute atomic E-state index is 0.546. The molecule has 3 heteroatoms. The van der Waals surface area contributed by atoms with Crippen LogP contribution in [0.25, 0.3) is 0 Å². The van der Waals surface area contributed by atoms with Gasteiger partial charge in [0.15, 0.2) is 0 Å². The molecule has 2 N–H and O–H groups in total. The Balaban J connectivity index is 2.03. The molecule has 0 radical (unpaired) electrons. The van der Waals surface area contributed by atoms with E-state index in [2.05, 4.69) is 22.8 Å². The molecule has 3 rings (SSSR count). The van der Waals surface area contributed by atoms with Gasteiger partial charge in [0, 0.05) is 18.5 Å². The predicted molar refractivity (Wildman–Crippen MR) is 60.6 cm³/mol. The first kappa shape index (κ1) is 9.04. The summed E-state index contributed by atoms with van der Waals surface area (Å²) in [4.78, 5) is 0. The van der Waals surface area contributed by atoms with Gasteiger partial charge in [-0.1, -0.05) is 12.1 Å². The summed E-state index contributed by atoms with van der Waals surface area (Å²) in [5, 5.41) is 6.99. The normalized spacial score (nSPS) is 27.8. The molecule has 0 spiro atoms. The number of rotatable bonds is 1. The Morgan fingerprint density at radius 2 is 2.33 bits per heavy atom. The highest BCUT2D eigenvalue weighted by molar-refractivity contribution is 5.68. The molecule has 2 unspecified atom stereocenters. The molecule has 0 saturated carbocycles. The summed E-state index contributed by atoms with van der Waals surface area (Å²) in [6.07, 6.45) is 1.22. The Bertz CT molecular complexity index is 378. The van der Waals surface area contributed by atoms with Gasteiger partial charge in [0.25, 0.3) is 0 Å². The van der Waals surface area contributed by atoms with Crippen molar-refractivity contribution in [1.82, 2.24) is 5.32 Å². The zero-order chi connectivity index (χ0) is 10.3. The van der Waals surface area contributed by atoms with Gasteiger partial charge in [0.2, 0.25) is 0 Å². The molecule has 2 aliphatic rings. The third kappa shape index (κ3) is 1.30. The fourth-order valence-electron chi connectivity index (χ4n) is 2.75. The van der Waals surface area contributed by atoms with E-state index >= 15 is 0 Å². The lowest BCUT2D eigenvalue weighted by molar-refractivity contribution is 0.416. The number of methoxy groups -OCH3 is 1. The Labute approximate surface area is 89.8 Å². The molecular formula is C12H16N2O. The van der Waals surface area contributed by atoms with Gasteiger partial charge in [-0.25, -0.2) is 0 Å². The van der Waals surface area contributed by atoms with Crippen molar-refractivity contribution in [2.75, 3.05) is 25.5 Å². The van der Waals surface area contributed by atoms with Crippen LogP contribution in [0.15, 0.2) is 18.2 Å². The number of anilines is 1. The molecule has 0 aliphatic carbocycles. The lowest BCUT2D eigenvalue weighted by Gasteiger charge is -2.26. The van der Waals surface area contributed by atoms with Gasteiger partial charge in [-0.3, -0.25) is 0 Å². The summed E-state index contributed by atoms with van der Waals surface area (Å²) in [6, 6.07) is 6.88. The summed E-state index contributed by atoms with van der Waals surface area (Å²) in [5.41, 5.74) is 2.64. The topological polar surface area (TPSA) is 33.3 Å². The molecular weight excluding hydrogens is 188 g/mol. The molecule has 1 saturated heterocycles. The number of benzene rings is 1. The van der Waals surface area contributed by atoms with Gasteiger partial charge >= 0.3 is 0 Å². The summed E-state index contributed by atoms with van der Waals surface area (Å²) in [5.74, 6) is 1.64. The number of ether oxygens (including phenoxy) is 1. The molecule has 1 fully saturated rings. The van der Waals surface area contributed by atoms with Crippen LogP contribution < -0.4 is 15.4 Å². The molecule has 0 aromatic heterocycles. The van der Waals surface area contributed by atoms with E-state index in [1.165, 1.54) is 17.7 Å². The molecule has 2 atom stereocenters. The summed E-state index contributed by atoms with van der Waals surface area (Å²) < 4.78 is 5.38. The monoisotopic (exact) mass is 204 g/mol. The molecule has 15 heavy (non-hydrogen) atoms. The van der Waals surface area contributed by atoms with E-state index in [0.717, 1.165) is 18.8 Å². The van der Waals surface area contributed by atoms with Crippen LogP contribution in [0.1, 0.15) is 17.9 Å². The van der Waals surface area contributed by atoms with Crippen LogP contribution in [-0.4, -0.2) is 26.2 Å². The van der Waals surface area contributed by atoms with Crippen molar-refractivity contribution in [3.63, 3.8) is 0 Å². The molecule has 0 bridgehead atoms. The first-order valence-corrected chi connectivity index (χ1v) is 5.54. The van der Waals surface area contributed by atoms with Gasteiger partial charge in [0.05, 0.1) is 12.8 Å². The molecule has 2 aliphatic heterocycles. The van der Waals surface area contributed by atoms with Gasteiger partial charge in [-0.2, -0.15) is 0 Å². The first-order chi connectivity index (χ1) is 7.40. The van der Waals surface area contributed by atoms with Gasteiger partial charge < -0.3 is 15.4 Å². The average molecular weight is 204 g/mol. The van der Waals surface area contributed by atoms with E-state index in [0.29, 0.717) is 12.0 Å². The van der Waals surface area contributed by atoms with E-state index in [-0.39, 0.29) is 0 Å². The van der Waals surface area contributed by atoms with Crippen LogP contribution in [0.3, 0.4) is 0 Å². The highest BCUT2D eigenvalue weighted by atomic mass is 16.5. The summed E-state index contributed by atoms with van der Waals surface area (Å²) >= 11 is 0. The largest absolute Gasteiger partial charge is 0.495 e. The van der Waals surface area contributed by atoms with Crippen molar-refractivity contribution in [3.05, 3.63) is 23.8 Å². The van der Waals surface area contributed by atoms with Crippen molar-refractivity contribution in [2.45, 2.75) is 18.4 Å². The van der Waals surface area contributed by atoms with Crippen LogP contribution in [0.4, 0.5) is 5.69 Å². The molecule has 1 aromatic carbocycles. The van der Waals surface area contributed by atoms with Crippen LogP contribution in [0, 0.1) is 0 Å². The van der Waals surface area contributed by atoms with Gasteiger partial charge in [0.1, 0.15) is 5.75 Å². The van der Waals surface area contributed by atoms with Crippen molar-refractivity contribution < 1.29 is 4.74 Å². The van der Waals surface area contributed by atoms with Crippen molar-refractivity contribution >= 4 is 5.69 Å². The van der Waals surface area contributed by atoms with E-state index in [9.17, 15) is 0 Å². The average Bonchev–Trinajstić information content (AvgIpc) is 2.67. The number of para-hydroxylation sites is 1. The summed E-state index contributed by atoms with van der Waals surface area (Å²) in [7, 11) is 1.73. The van der Waals surface area contributed by atoms with Crippen LogP contribution in [0.2, 0.25) is 0 Å². The lowest BCUT2D eigenvalue weighted by atomic mass is 9.89. The number of hydrogen-bond acceptors (Lipinski definition) is 3. The maximum absolute atomic E-state index is 5.38. The Kier molecular flexibility index (Phi) is 2.06. The molecule has 0 amide bonds. The van der Waals surface area contributed by atoms with Crippen LogP contribution in [-0.2, 0) is 0 Å².